The Morgan fingerprint density at radius 2 is 2.00 bits per heavy atom. The van der Waals surface area contributed by atoms with E-state index >= 15 is 0 Å². The Bertz CT molecular complexity index is 754. The molecule has 0 unspecified atom stereocenters. The predicted molar refractivity (Wildman–Crippen MR) is 76.8 cm³/mol. The first kappa shape index (κ1) is 14.3. The van der Waals surface area contributed by atoms with Gasteiger partial charge in [0.25, 0.3) is 0 Å². The van der Waals surface area contributed by atoms with Crippen LogP contribution in [-0.4, -0.2) is 20.3 Å². The van der Waals surface area contributed by atoms with E-state index in [1.165, 1.54) is 6.07 Å². The molecule has 21 heavy (non-hydrogen) atoms. The number of thiophene rings is 1. The van der Waals surface area contributed by atoms with Crippen LogP contribution in [-0.2, 0) is 23.2 Å². The van der Waals surface area contributed by atoms with Crippen molar-refractivity contribution in [3.05, 3.63) is 40.8 Å². The molecule has 3 rings (SSSR count). The first-order chi connectivity index (χ1) is 10.1. The van der Waals surface area contributed by atoms with Crippen molar-refractivity contribution < 1.29 is 23.0 Å². The highest BCUT2D eigenvalue weighted by molar-refractivity contribution is 7.91. The second kappa shape index (κ2) is 5.64. The van der Waals surface area contributed by atoms with Crippen LogP contribution in [0.25, 0.3) is 0 Å². The lowest BCUT2D eigenvalue weighted by molar-refractivity contribution is 0.174. The Hall–Kier alpha value is -1.61. The first-order valence-electron chi connectivity index (χ1n) is 6.16. The van der Waals surface area contributed by atoms with E-state index in [1.54, 1.807) is 24.3 Å². The van der Waals surface area contributed by atoms with Crippen molar-refractivity contribution >= 4 is 21.4 Å². The summed E-state index contributed by atoms with van der Waals surface area (Å²) in [6, 6.07) is 8.36. The normalized spacial score (nSPS) is 13.6. The Morgan fingerprint density at radius 1 is 1.19 bits per heavy atom. The van der Waals surface area contributed by atoms with Gasteiger partial charge in [0.15, 0.2) is 11.5 Å². The molecular weight excluding hydrogens is 314 g/mol. The number of ether oxygens (including phenoxy) is 2. The van der Waals surface area contributed by atoms with Crippen LogP contribution >= 0.6 is 11.3 Å². The minimum Gasteiger partial charge on any atom is -0.454 e. The van der Waals surface area contributed by atoms with E-state index in [-0.39, 0.29) is 24.2 Å². The summed E-state index contributed by atoms with van der Waals surface area (Å²) in [4.78, 5) is 0.610. The predicted octanol–water partition coefficient (Wildman–Crippen LogP) is 1.45. The number of hydrogen-bond donors (Lipinski definition) is 2. The van der Waals surface area contributed by atoms with Gasteiger partial charge in [0, 0.05) is 11.4 Å². The van der Waals surface area contributed by atoms with Gasteiger partial charge in [-0.3, -0.25) is 0 Å². The van der Waals surface area contributed by atoms with Gasteiger partial charge in [-0.25, -0.2) is 13.1 Å². The number of sulfonamides is 1. The van der Waals surface area contributed by atoms with E-state index in [0.29, 0.717) is 16.4 Å². The molecule has 0 bridgehead atoms. The molecule has 112 valence electrons. The molecule has 2 heterocycles. The SMILES string of the molecule is O=S(=O)(NCc1ccc2c(c1)OCO2)c1ccc(CO)s1. The summed E-state index contributed by atoms with van der Waals surface area (Å²) in [5, 5.41) is 8.98. The van der Waals surface area contributed by atoms with Crippen molar-refractivity contribution in [2.75, 3.05) is 6.79 Å². The van der Waals surface area contributed by atoms with Crippen LogP contribution in [0.5, 0.6) is 11.5 Å². The van der Waals surface area contributed by atoms with Crippen LogP contribution in [0.2, 0.25) is 0 Å². The molecule has 0 saturated carbocycles. The minimum absolute atomic E-state index is 0.158. The van der Waals surface area contributed by atoms with Crippen molar-refractivity contribution in [1.29, 1.82) is 0 Å². The summed E-state index contributed by atoms with van der Waals surface area (Å²) in [6.07, 6.45) is 0. The molecule has 6 nitrogen and oxygen atoms in total. The van der Waals surface area contributed by atoms with Crippen LogP contribution in [0.1, 0.15) is 10.4 Å². The number of rotatable bonds is 5. The fourth-order valence-electron chi connectivity index (χ4n) is 1.89. The molecule has 1 aliphatic heterocycles. The van der Waals surface area contributed by atoms with Gasteiger partial charge in [-0.15, -0.1) is 11.3 Å². The standard InChI is InChI=1S/C13H13NO5S2/c15-7-10-2-4-13(20-10)21(16,17)14-6-9-1-3-11-12(5-9)19-8-18-11/h1-5,14-15H,6-8H2. The van der Waals surface area contributed by atoms with E-state index in [2.05, 4.69) is 4.72 Å². The molecule has 2 N–H and O–H groups in total. The average Bonchev–Trinajstić information content (AvgIpc) is 3.13. The topological polar surface area (TPSA) is 84.9 Å². The minimum atomic E-state index is -3.58. The monoisotopic (exact) mass is 327 g/mol. The molecule has 0 atom stereocenters. The number of benzene rings is 1. The maximum atomic E-state index is 12.1. The summed E-state index contributed by atoms with van der Waals surface area (Å²) >= 11 is 1.05. The van der Waals surface area contributed by atoms with Crippen molar-refractivity contribution in [3.8, 4) is 11.5 Å². The first-order valence-corrected chi connectivity index (χ1v) is 8.46. The molecule has 2 aromatic rings. The molecule has 8 heteroatoms. The fourth-order valence-corrected chi connectivity index (χ4v) is 4.17. The Balaban J connectivity index is 1.71. The lowest BCUT2D eigenvalue weighted by Gasteiger charge is -2.06. The zero-order valence-corrected chi connectivity index (χ0v) is 12.5. The third-order valence-electron chi connectivity index (χ3n) is 2.96. The van der Waals surface area contributed by atoms with Crippen molar-refractivity contribution in [3.63, 3.8) is 0 Å². The van der Waals surface area contributed by atoms with Gasteiger partial charge in [0.2, 0.25) is 16.8 Å². The molecular formula is C13H13NO5S2. The summed E-state index contributed by atoms with van der Waals surface area (Å²) in [5.41, 5.74) is 0.779. The summed E-state index contributed by atoms with van der Waals surface area (Å²) in [7, 11) is -3.58. The van der Waals surface area contributed by atoms with Crippen molar-refractivity contribution in [2.45, 2.75) is 17.4 Å². The van der Waals surface area contributed by atoms with Crippen LogP contribution in [0.3, 0.4) is 0 Å². The van der Waals surface area contributed by atoms with E-state index in [4.69, 9.17) is 14.6 Å². The highest BCUT2D eigenvalue weighted by Gasteiger charge is 2.18. The van der Waals surface area contributed by atoms with Crippen LogP contribution < -0.4 is 14.2 Å². The van der Waals surface area contributed by atoms with Gasteiger partial charge in [-0.05, 0) is 29.8 Å². The Morgan fingerprint density at radius 3 is 2.76 bits per heavy atom. The molecule has 0 spiro atoms. The summed E-state index contributed by atoms with van der Waals surface area (Å²) in [5.74, 6) is 1.28. The van der Waals surface area contributed by atoms with E-state index < -0.39 is 10.0 Å². The van der Waals surface area contributed by atoms with E-state index in [0.717, 1.165) is 16.9 Å². The van der Waals surface area contributed by atoms with Gasteiger partial charge >= 0.3 is 0 Å². The van der Waals surface area contributed by atoms with Crippen molar-refractivity contribution in [1.82, 2.24) is 4.72 Å². The maximum absolute atomic E-state index is 12.1. The summed E-state index contributed by atoms with van der Waals surface area (Å²) in [6.45, 7) is 0.178. The Labute approximate surface area is 126 Å². The van der Waals surface area contributed by atoms with Gasteiger partial charge in [0.1, 0.15) is 4.21 Å². The van der Waals surface area contributed by atoms with Gasteiger partial charge in [-0.1, -0.05) is 6.07 Å². The molecule has 0 amide bonds. The zero-order valence-electron chi connectivity index (χ0n) is 10.9. The van der Waals surface area contributed by atoms with Crippen LogP contribution in [0.15, 0.2) is 34.5 Å². The Kier molecular flexibility index (Phi) is 3.85. The third kappa shape index (κ3) is 3.03. The lowest BCUT2D eigenvalue weighted by Crippen LogP contribution is -2.22. The summed E-state index contributed by atoms with van der Waals surface area (Å²) < 4.78 is 37.4. The fraction of sp³-hybridized carbons (Fsp3) is 0.231. The van der Waals surface area contributed by atoms with Gasteiger partial charge in [0.05, 0.1) is 6.61 Å². The molecule has 0 fully saturated rings. The third-order valence-corrected chi connectivity index (χ3v) is 5.92. The molecule has 0 saturated heterocycles. The zero-order chi connectivity index (χ0) is 14.9. The second-order valence-electron chi connectivity index (χ2n) is 4.39. The van der Waals surface area contributed by atoms with E-state index in [1.807, 2.05) is 0 Å². The number of fused-ring (bicyclic) bond motifs is 1. The molecule has 0 aliphatic carbocycles. The quantitative estimate of drug-likeness (QED) is 0.868. The lowest BCUT2D eigenvalue weighted by atomic mass is 10.2. The maximum Gasteiger partial charge on any atom is 0.250 e. The van der Waals surface area contributed by atoms with Crippen molar-refractivity contribution in [2.24, 2.45) is 0 Å². The molecule has 1 aromatic heterocycles. The highest BCUT2D eigenvalue weighted by atomic mass is 32.2. The molecule has 1 aliphatic rings. The number of aliphatic hydroxyl groups excluding tert-OH is 1. The van der Waals surface area contributed by atoms with E-state index in [9.17, 15) is 8.42 Å². The van der Waals surface area contributed by atoms with Crippen LogP contribution in [0, 0.1) is 0 Å². The largest absolute Gasteiger partial charge is 0.454 e. The number of nitrogens with one attached hydrogen (secondary N) is 1. The second-order valence-corrected chi connectivity index (χ2v) is 7.55. The molecule has 0 radical (unpaired) electrons. The van der Waals surface area contributed by atoms with Gasteiger partial charge in [-0.2, -0.15) is 0 Å². The smallest absolute Gasteiger partial charge is 0.250 e. The van der Waals surface area contributed by atoms with Gasteiger partial charge < -0.3 is 14.6 Å². The average molecular weight is 327 g/mol. The van der Waals surface area contributed by atoms with Crippen LogP contribution in [0.4, 0.5) is 0 Å². The number of aliphatic hydroxyl groups is 1. The number of hydrogen-bond acceptors (Lipinski definition) is 6. The molecule has 1 aromatic carbocycles. The highest BCUT2D eigenvalue weighted by Crippen LogP contribution is 2.32.